The number of benzene rings is 1. The molecule has 0 saturated carbocycles. The van der Waals surface area contributed by atoms with Crippen LogP contribution in [-0.2, 0) is 19.6 Å². The maximum atomic E-state index is 13.8. The van der Waals surface area contributed by atoms with E-state index in [1.54, 1.807) is 27.7 Å². The summed E-state index contributed by atoms with van der Waals surface area (Å²) in [4.78, 5) is 11.3. The zero-order valence-corrected chi connectivity index (χ0v) is 13.5. The van der Waals surface area contributed by atoms with Gasteiger partial charge in [0, 0.05) is 0 Å². The second kappa shape index (κ2) is 6.11. The summed E-state index contributed by atoms with van der Waals surface area (Å²) in [6.45, 7) is 6.70. The van der Waals surface area contributed by atoms with Gasteiger partial charge in [-0.3, -0.25) is 4.79 Å². The van der Waals surface area contributed by atoms with E-state index in [1.165, 1.54) is 19.2 Å². The summed E-state index contributed by atoms with van der Waals surface area (Å²) in [5.41, 5.74) is -0.117. The van der Waals surface area contributed by atoms with E-state index in [0.717, 1.165) is 6.07 Å². The number of aryl methyl sites for hydroxylation is 1. The summed E-state index contributed by atoms with van der Waals surface area (Å²) in [6.07, 6.45) is 0. The smallest absolute Gasteiger partial charge is 0.324 e. The molecule has 1 N–H and O–H groups in total. The zero-order valence-electron chi connectivity index (χ0n) is 12.7. The Kier molecular flexibility index (Phi) is 5.11. The highest BCUT2D eigenvalue weighted by atomic mass is 32.2. The van der Waals surface area contributed by atoms with Crippen molar-refractivity contribution in [2.24, 2.45) is 5.41 Å². The largest absolute Gasteiger partial charge is 0.468 e. The van der Waals surface area contributed by atoms with Crippen LogP contribution < -0.4 is 4.72 Å². The van der Waals surface area contributed by atoms with Crippen LogP contribution in [0.2, 0.25) is 0 Å². The minimum atomic E-state index is -4.17. The first-order valence-corrected chi connectivity index (χ1v) is 7.83. The molecule has 7 heteroatoms. The third-order valence-corrected chi connectivity index (χ3v) is 4.41. The molecular weight excluding hydrogens is 297 g/mol. The van der Waals surface area contributed by atoms with Crippen molar-refractivity contribution in [2.75, 3.05) is 7.11 Å². The zero-order chi connectivity index (χ0) is 16.4. The fourth-order valence-electron chi connectivity index (χ4n) is 1.74. The number of rotatable bonds is 4. The first-order valence-electron chi connectivity index (χ1n) is 6.35. The summed E-state index contributed by atoms with van der Waals surface area (Å²) < 4.78 is 45.2. The number of carbonyl (C=O) groups is 1. The van der Waals surface area contributed by atoms with E-state index in [9.17, 15) is 17.6 Å². The molecule has 0 saturated heterocycles. The van der Waals surface area contributed by atoms with Crippen molar-refractivity contribution in [3.8, 4) is 0 Å². The van der Waals surface area contributed by atoms with Crippen LogP contribution in [0.5, 0.6) is 0 Å². The van der Waals surface area contributed by atoms with Crippen LogP contribution in [0.25, 0.3) is 0 Å². The molecule has 0 aromatic heterocycles. The molecule has 118 valence electrons. The van der Waals surface area contributed by atoms with Gasteiger partial charge in [-0.05, 0) is 30.0 Å². The number of carbonyl (C=O) groups excluding carboxylic acids is 1. The first kappa shape index (κ1) is 17.6. The molecule has 0 spiro atoms. The molecule has 0 aliphatic rings. The van der Waals surface area contributed by atoms with Crippen molar-refractivity contribution in [1.82, 2.24) is 4.72 Å². The Balaban J connectivity index is 3.21. The average molecular weight is 317 g/mol. The van der Waals surface area contributed by atoms with E-state index in [4.69, 9.17) is 0 Å². The van der Waals surface area contributed by atoms with Crippen LogP contribution in [0.3, 0.4) is 0 Å². The molecule has 1 unspecified atom stereocenters. The monoisotopic (exact) mass is 317 g/mol. The van der Waals surface area contributed by atoms with Gasteiger partial charge in [0.05, 0.1) is 7.11 Å². The molecule has 1 rings (SSSR count). The second-order valence-corrected chi connectivity index (χ2v) is 7.56. The molecule has 0 fully saturated rings. The maximum Gasteiger partial charge on any atom is 0.324 e. The van der Waals surface area contributed by atoms with Crippen LogP contribution in [0, 0.1) is 18.2 Å². The van der Waals surface area contributed by atoms with E-state index in [1.807, 2.05) is 0 Å². The molecule has 0 radical (unpaired) electrons. The Bertz CT molecular complexity index is 635. The Morgan fingerprint density at radius 3 is 2.33 bits per heavy atom. The molecule has 0 aliphatic carbocycles. The van der Waals surface area contributed by atoms with Gasteiger partial charge in [-0.2, -0.15) is 4.72 Å². The quantitative estimate of drug-likeness (QED) is 0.862. The van der Waals surface area contributed by atoms with Crippen LogP contribution in [0.1, 0.15) is 26.3 Å². The van der Waals surface area contributed by atoms with Crippen molar-refractivity contribution in [3.05, 3.63) is 29.6 Å². The maximum absolute atomic E-state index is 13.8. The summed E-state index contributed by atoms with van der Waals surface area (Å²) in [7, 11) is -3.00. The molecule has 0 aliphatic heterocycles. The van der Waals surface area contributed by atoms with Crippen molar-refractivity contribution < 1.29 is 22.3 Å². The van der Waals surface area contributed by atoms with Crippen LogP contribution in [-0.4, -0.2) is 27.5 Å². The van der Waals surface area contributed by atoms with E-state index in [2.05, 4.69) is 9.46 Å². The molecule has 1 aromatic carbocycles. The van der Waals surface area contributed by atoms with Crippen LogP contribution in [0.4, 0.5) is 4.39 Å². The normalized spacial score (nSPS) is 13.8. The Labute approximate surface area is 124 Å². The molecule has 0 amide bonds. The van der Waals surface area contributed by atoms with E-state index >= 15 is 0 Å². The van der Waals surface area contributed by atoms with E-state index < -0.39 is 38.2 Å². The summed E-state index contributed by atoms with van der Waals surface area (Å²) in [5, 5.41) is 0. The number of hydrogen-bond donors (Lipinski definition) is 1. The first-order chi connectivity index (χ1) is 9.49. The predicted molar refractivity (Wildman–Crippen MR) is 76.7 cm³/mol. The van der Waals surface area contributed by atoms with Gasteiger partial charge in [0.15, 0.2) is 0 Å². The third kappa shape index (κ3) is 4.25. The standard InChI is InChI=1S/C14H20FNO4S/c1-9-6-7-11(10(15)8-9)21(18,19)16-12(13(17)20-5)14(2,3)4/h6-8,12,16H,1-5H3. The van der Waals surface area contributed by atoms with Crippen LogP contribution >= 0.6 is 0 Å². The SMILES string of the molecule is COC(=O)C(NS(=O)(=O)c1ccc(C)cc1F)C(C)(C)C. The van der Waals surface area contributed by atoms with E-state index in [0.29, 0.717) is 5.56 Å². The average Bonchev–Trinajstić information content (AvgIpc) is 2.33. The minimum Gasteiger partial charge on any atom is -0.468 e. The summed E-state index contributed by atoms with van der Waals surface area (Å²) in [5.74, 6) is -1.58. The van der Waals surface area contributed by atoms with Gasteiger partial charge in [-0.1, -0.05) is 26.8 Å². The highest BCUT2D eigenvalue weighted by Crippen LogP contribution is 2.23. The Morgan fingerprint density at radius 2 is 1.90 bits per heavy atom. The summed E-state index contributed by atoms with van der Waals surface area (Å²) >= 11 is 0. The van der Waals surface area contributed by atoms with Gasteiger partial charge in [-0.25, -0.2) is 12.8 Å². The lowest BCUT2D eigenvalue weighted by atomic mass is 9.87. The second-order valence-electron chi connectivity index (χ2n) is 5.88. The fourth-order valence-corrected chi connectivity index (χ4v) is 3.19. The molecular formula is C14H20FNO4S. The van der Waals surface area contributed by atoms with Gasteiger partial charge in [0.2, 0.25) is 10.0 Å². The van der Waals surface area contributed by atoms with E-state index in [-0.39, 0.29) is 0 Å². The van der Waals surface area contributed by atoms with Crippen molar-refractivity contribution in [2.45, 2.75) is 38.6 Å². The van der Waals surface area contributed by atoms with Gasteiger partial charge in [0.1, 0.15) is 16.8 Å². The van der Waals surface area contributed by atoms with Crippen molar-refractivity contribution in [1.29, 1.82) is 0 Å². The number of ether oxygens (including phenoxy) is 1. The third-order valence-electron chi connectivity index (χ3n) is 2.95. The topological polar surface area (TPSA) is 72.5 Å². The summed E-state index contributed by atoms with van der Waals surface area (Å²) in [6, 6.07) is 2.67. The highest BCUT2D eigenvalue weighted by molar-refractivity contribution is 7.89. The molecule has 0 bridgehead atoms. The lowest BCUT2D eigenvalue weighted by molar-refractivity contribution is -0.145. The Hall–Kier alpha value is -1.47. The van der Waals surface area contributed by atoms with Gasteiger partial charge in [0.25, 0.3) is 0 Å². The number of nitrogens with one attached hydrogen (secondary N) is 1. The van der Waals surface area contributed by atoms with Gasteiger partial charge >= 0.3 is 5.97 Å². The number of halogens is 1. The Morgan fingerprint density at radius 1 is 1.33 bits per heavy atom. The molecule has 1 aromatic rings. The molecule has 1 atom stereocenters. The van der Waals surface area contributed by atoms with Crippen molar-refractivity contribution >= 4 is 16.0 Å². The number of hydrogen-bond acceptors (Lipinski definition) is 4. The van der Waals surface area contributed by atoms with Crippen molar-refractivity contribution in [3.63, 3.8) is 0 Å². The van der Waals surface area contributed by atoms with Gasteiger partial charge < -0.3 is 4.74 Å². The molecule has 5 nitrogen and oxygen atoms in total. The number of methoxy groups -OCH3 is 1. The van der Waals surface area contributed by atoms with Crippen LogP contribution in [0.15, 0.2) is 23.1 Å². The highest BCUT2D eigenvalue weighted by Gasteiger charge is 2.36. The fraction of sp³-hybridized carbons (Fsp3) is 0.500. The molecule has 21 heavy (non-hydrogen) atoms. The lowest BCUT2D eigenvalue weighted by Crippen LogP contribution is -2.49. The lowest BCUT2D eigenvalue weighted by Gasteiger charge is -2.28. The minimum absolute atomic E-state index is 0.494. The number of sulfonamides is 1. The van der Waals surface area contributed by atoms with Gasteiger partial charge in [-0.15, -0.1) is 0 Å². The molecule has 0 heterocycles. The predicted octanol–water partition coefficient (Wildman–Crippen LogP) is 2.00. The number of esters is 1.